The van der Waals surface area contributed by atoms with Crippen LogP contribution >= 0.6 is 24.3 Å². The molecule has 3 unspecified atom stereocenters. The predicted octanol–water partition coefficient (Wildman–Crippen LogP) is -1.27. The molecule has 6 atom stereocenters. The van der Waals surface area contributed by atoms with E-state index in [2.05, 4.69) is 13.1 Å². The molecule has 0 aliphatic rings. The summed E-state index contributed by atoms with van der Waals surface area (Å²) in [6.07, 6.45) is -5.79. The van der Waals surface area contributed by atoms with Gasteiger partial charge in [0.05, 0.1) is 0 Å². The minimum absolute atomic E-state index is 0.0715. The van der Waals surface area contributed by atoms with Crippen molar-refractivity contribution in [2.45, 2.75) is 18.3 Å². The smallest absolute Gasteiger partial charge is 0.388 e. The topological polar surface area (TPSA) is 197 Å². The Hall–Kier alpha value is -0.220. The lowest BCUT2D eigenvalue weighted by Gasteiger charge is -2.16. The number of carbonyl (C=O) groups is 1. The molecule has 0 radical (unpaired) electrons. The summed E-state index contributed by atoms with van der Waals surface area (Å²) in [4.78, 5) is 27.0. The highest BCUT2D eigenvalue weighted by molar-refractivity contribution is 7.61. The van der Waals surface area contributed by atoms with Crippen molar-refractivity contribution in [1.82, 2.24) is 0 Å². The zero-order valence-electron chi connectivity index (χ0n) is 9.45. The van der Waals surface area contributed by atoms with Gasteiger partial charge in [-0.25, -0.2) is 4.57 Å². The zero-order chi connectivity index (χ0) is 15.9. The number of aldehydes is 1. The molecule has 0 spiro atoms. The summed E-state index contributed by atoms with van der Waals surface area (Å²) >= 11 is 0. The van der Waals surface area contributed by atoms with E-state index in [0.29, 0.717) is 0 Å². The quantitative estimate of drug-likeness (QED) is 0.230. The maximum Gasteiger partial charge on any atom is 0.708 e. The second-order valence-corrected chi connectivity index (χ2v) is 6.50. The van der Waals surface area contributed by atoms with Gasteiger partial charge in [-0.2, -0.15) is 0 Å². The first-order valence-electron chi connectivity index (χ1n) is 4.57. The third kappa shape index (κ3) is 8.15. The lowest BCUT2D eigenvalue weighted by atomic mass is 10.1. The molecule has 12 nitrogen and oxygen atoms in total. The van der Waals surface area contributed by atoms with Gasteiger partial charge >= 0.3 is 24.3 Å². The van der Waals surface area contributed by atoms with Crippen molar-refractivity contribution in [2.24, 2.45) is 0 Å². The molecule has 0 amide bonds. The van der Waals surface area contributed by atoms with Crippen LogP contribution in [0.4, 0.5) is 0 Å². The second kappa shape index (κ2) is 8.93. The molecule has 0 aliphatic heterocycles. The van der Waals surface area contributed by atoms with Crippen molar-refractivity contribution in [3.8, 4) is 0 Å². The SMILES string of the molecule is O=C[C@H](O)[C@H](O)[C@H](O)CO[P+](=O)OP(=O)(O)O[P+](=O)O. The van der Waals surface area contributed by atoms with Crippen LogP contribution in [0.3, 0.4) is 0 Å². The Balaban J connectivity index is 4.26. The van der Waals surface area contributed by atoms with Gasteiger partial charge in [0.25, 0.3) is 0 Å². The molecule has 0 bridgehead atoms. The third-order valence-electron chi connectivity index (χ3n) is 1.58. The summed E-state index contributed by atoms with van der Waals surface area (Å²) in [5, 5.41) is 27.1. The van der Waals surface area contributed by atoms with Gasteiger partial charge in [-0.3, -0.25) is 4.89 Å². The number of aliphatic hydroxyl groups is 3. The molecule has 0 saturated carbocycles. The van der Waals surface area contributed by atoms with E-state index in [4.69, 9.17) is 20.0 Å². The van der Waals surface area contributed by atoms with Gasteiger partial charge < -0.3 is 20.1 Å². The van der Waals surface area contributed by atoms with Crippen LogP contribution in [-0.4, -0.2) is 56.3 Å². The van der Waals surface area contributed by atoms with Crippen LogP contribution in [0.5, 0.6) is 0 Å². The Morgan fingerprint density at radius 2 is 1.75 bits per heavy atom. The van der Waals surface area contributed by atoms with Crippen molar-refractivity contribution in [3.05, 3.63) is 0 Å². The van der Waals surface area contributed by atoms with Crippen LogP contribution in [0.1, 0.15) is 0 Å². The first-order valence-corrected chi connectivity index (χ1v) is 8.29. The van der Waals surface area contributed by atoms with E-state index in [9.17, 15) is 23.6 Å². The van der Waals surface area contributed by atoms with Gasteiger partial charge in [-0.05, 0) is 0 Å². The van der Waals surface area contributed by atoms with Crippen LogP contribution in [0, 0.1) is 0 Å². The summed E-state index contributed by atoms with van der Waals surface area (Å²) in [7, 11) is -11.9. The number of hydrogen-bond donors (Lipinski definition) is 5. The summed E-state index contributed by atoms with van der Waals surface area (Å²) < 4.78 is 43.5. The highest BCUT2D eigenvalue weighted by atomic mass is 31.3. The van der Waals surface area contributed by atoms with Crippen LogP contribution in [-0.2, 0) is 31.6 Å². The molecule has 0 rings (SSSR count). The minimum Gasteiger partial charge on any atom is -0.388 e. The molecule has 0 saturated heterocycles. The average molecular weight is 356 g/mol. The fourth-order valence-corrected chi connectivity index (χ4v) is 2.99. The standard InChI is InChI=1S/C5H9O12P3/c6-1-3(7)5(9)4(8)2-15-19(12)17-20(13,14)16-18(10)11/h1,3-5,7-9H,2H2/p+2/t3-,4+,5-/m0/s1. The summed E-state index contributed by atoms with van der Waals surface area (Å²) in [5.41, 5.74) is 0. The van der Waals surface area contributed by atoms with Crippen molar-refractivity contribution in [3.63, 3.8) is 0 Å². The molecule has 116 valence electrons. The van der Waals surface area contributed by atoms with Crippen molar-refractivity contribution >= 4 is 30.6 Å². The Morgan fingerprint density at radius 3 is 2.20 bits per heavy atom. The molecule has 20 heavy (non-hydrogen) atoms. The highest BCUT2D eigenvalue weighted by Gasteiger charge is 2.45. The van der Waals surface area contributed by atoms with Gasteiger partial charge in [-0.1, -0.05) is 0 Å². The first-order chi connectivity index (χ1) is 9.09. The summed E-state index contributed by atoms with van der Waals surface area (Å²) in [6.45, 7) is -0.938. The monoisotopic (exact) mass is 356 g/mol. The molecule has 5 N–H and O–H groups in total. The van der Waals surface area contributed by atoms with E-state index in [0.717, 1.165) is 0 Å². The molecular weight excluding hydrogens is 345 g/mol. The van der Waals surface area contributed by atoms with Crippen LogP contribution in [0.15, 0.2) is 0 Å². The maximum atomic E-state index is 11.0. The van der Waals surface area contributed by atoms with Gasteiger partial charge in [0, 0.05) is 17.8 Å². The normalized spacial score (nSPS) is 20.4. The minimum atomic E-state index is -5.11. The lowest BCUT2D eigenvalue weighted by Crippen LogP contribution is -2.40. The van der Waals surface area contributed by atoms with Crippen molar-refractivity contribution in [1.29, 1.82) is 0 Å². The molecule has 15 heteroatoms. The fourth-order valence-electron chi connectivity index (χ4n) is 0.755. The molecule has 0 heterocycles. The average Bonchev–Trinajstić information content (AvgIpc) is 2.31. The zero-order valence-corrected chi connectivity index (χ0v) is 12.1. The molecular formula is C5H11O12P3+2. The lowest BCUT2D eigenvalue weighted by molar-refractivity contribution is -0.127. The van der Waals surface area contributed by atoms with Crippen molar-refractivity contribution in [2.75, 3.05) is 6.61 Å². The Bertz CT molecular complexity index is 410. The maximum absolute atomic E-state index is 11.0. The van der Waals surface area contributed by atoms with E-state index in [1.54, 1.807) is 0 Å². The Labute approximate surface area is 113 Å². The Kier molecular flexibility index (Phi) is 8.83. The number of hydrogen-bond acceptors (Lipinski definition) is 10. The fraction of sp³-hybridized carbons (Fsp3) is 0.800. The van der Waals surface area contributed by atoms with Gasteiger partial charge in [0.1, 0.15) is 24.9 Å². The number of aliphatic hydroxyl groups excluding tert-OH is 3. The number of phosphoric acid groups is 1. The number of carbonyl (C=O) groups excluding carboxylic acids is 1. The summed E-state index contributed by atoms with van der Waals surface area (Å²) in [5.74, 6) is 0. The largest absolute Gasteiger partial charge is 0.708 e. The van der Waals surface area contributed by atoms with E-state index in [1.807, 2.05) is 0 Å². The summed E-state index contributed by atoms with van der Waals surface area (Å²) in [6, 6.07) is 0. The van der Waals surface area contributed by atoms with Crippen LogP contribution in [0.25, 0.3) is 0 Å². The van der Waals surface area contributed by atoms with E-state index in [1.165, 1.54) is 0 Å². The molecule has 0 aromatic carbocycles. The third-order valence-corrected chi connectivity index (χ3v) is 4.68. The number of rotatable bonds is 10. The van der Waals surface area contributed by atoms with E-state index in [-0.39, 0.29) is 6.29 Å². The van der Waals surface area contributed by atoms with Gasteiger partial charge in [0.15, 0.2) is 6.29 Å². The van der Waals surface area contributed by atoms with E-state index < -0.39 is 49.3 Å². The predicted molar refractivity (Wildman–Crippen MR) is 59.5 cm³/mol. The highest BCUT2D eigenvalue weighted by Crippen LogP contribution is 2.57. The molecule has 0 aliphatic carbocycles. The first kappa shape index (κ1) is 19.8. The van der Waals surface area contributed by atoms with E-state index >= 15 is 0 Å². The molecule has 0 aromatic heterocycles. The van der Waals surface area contributed by atoms with Gasteiger partial charge in [0.2, 0.25) is 0 Å². The molecule has 0 fully saturated rings. The van der Waals surface area contributed by atoms with Crippen LogP contribution < -0.4 is 0 Å². The van der Waals surface area contributed by atoms with Gasteiger partial charge in [-0.15, -0.1) is 9.42 Å². The van der Waals surface area contributed by atoms with Crippen LogP contribution in [0.2, 0.25) is 0 Å². The second-order valence-electron chi connectivity index (χ2n) is 3.07. The van der Waals surface area contributed by atoms with Crippen molar-refractivity contribution < 1.29 is 56.7 Å². The molecule has 0 aromatic rings. The Morgan fingerprint density at radius 1 is 1.20 bits per heavy atom.